The SMILES string of the molecule is CC(C)NC(=O)CN1CCN(S(=O)(=O)c2ccc(C(F)(F)F)cc2)CC1. The third-order valence-electron chi connectivity index (χ3n) is 3.97. The predicted molar refractivity (Wildman–Crippen MR) is 89.9 cm³/mol. The Balaban J connectivity index is 1.98. The van der Waals surface area contributed by atoms with Crippen LogP contribution in [-0.2, 0) is 21.0 Å². The van der Waals surface area contributed by atoms with Crippen LogP contribution in [0.2, 0.25) is 0 Å². The lowest BCUT2D eigenvalue weighted by atomic mass is 10.2. The molecule has 1 aliphatic rings. The van der Waals surface area contributed by atoms with Crippen LogP contribution in [0.15, 0.2) is 29.2 Å². The second kappa shape index (κ2) is 7.93. The number of alkyl halides is 3. The van der Waals surface area contributed by atoms with Crippen LogP contribution in [0.25, 0.3) is 0 Å². The second-order valence-corrected chi connectivity index (χ2v) is 8.36. The van der Waals surface area contributed by atoms with E-state index >= 15 is 0 Å². The van der Waals surface area contributed by atoms with E-state index in [1.165, 1.54) is 4.31 Å². The topological polar surface area (TPSA) is 69.7 Å². The Hall–Kier alpha value is -1.65. The van der Waals surface area contributed by atoms with E-state index in [-0.39, 0.29) is 36.5 Å². The summed E-state index contributed by atoms with van der Waals surface area (Å²) in [6.45, 7) is 5.01. The first-order valence-corrected chi connectivity index (χ1v) is 9.63. The molecule has 26 heavy (non-hydrogen) atoms. The molecule has 1 fully saturated rings. The fourth-order valence-corrected chi connectivity index (χ4v) is 4.09. The molecule has 0 saturated carbocycles. The number of hydrogen-bond acceptors (Lipinski definition) is 4. The monoisotopic (exact) mass is 393 g/mol. The highest BCUT2D eigenvalue weighted by molar-refractivity contribution is 7.89. The first-order valence-electron chi connectivity index (χ1n) is 8.19. The highest BCUT2D eigenvalue weighted by atomic mass is 32.2. The van der Waals surface area contributed by atoms with E-state index < -0.39 is 21.8 Å². The molecule has 146 valence electrons. The number of amides is 1. The number of carbonyl (C=O) groups excluding carboxylic acids is 1. The first kappa shape index (κ1) is 20.7. The number of piperazine rings is 1. The molecule has 0 aliphatic carbocycles. The van der Waals surface area contributed by atoms with Crippen molar-refractivity contribution in [1.29, 1.82) is 0 Å². The minimum absolute atomic E-state index is 0.0313. The minimum Gasteiger partial charge on any atom is -0.353 e. The van der Waals surface area contributed by atoms with Crippen molar-refractivity contribution in [1.82, 2.24) is 14.5 Å². The molecule has 1 saturated heterocycles. The molecule has 0 atom stereocenters. The smallest absolute Gasteiger partial charge is 0.353 e. The van der Waals surface area contributed by atoms with Gasteiger partial charge in [0, 0.05) is 32.2 Å². The summed E-state index contributed by atoms with van der Waals surface area (Å²) < 4.78 is 64.2. The van der Waals surface area contributed by atoms with E-state index in [1.807, 2.05) is 18.7 Å². The van der Waals surface area contributed by atoms with Gasteiger partial charge in [-0.15, -0.1) is 0 Å². The molecular formula is C16H22F3N3O3S. The maximum atomic E-state index is 12.6. The average Bonchev–Trinajstić information content (AvgIpc) is 2.54. The zero-order valence-corrected chi connectivity index (χ0v) is 15.4. The van der Waals surface area contributed by atoms with Crippen LogP contribution in [0.5, 0.6) is 0 Å². The number of carbonyl (C=O) groups is 1. The summed E-state index contributed by atoms with van der Waals surface area (Å²) in [5, 5.41) is 2.77. The molecule has 0 radical (unpaired) electrons. The Morgan fingerprint density at radius 1 is 1.12 bits per heavy atom. The molecule has 1 N–H and O–H groups in total. The molecule has 10 heteroatoms. The molecule has 1 aliphatic heterocycles. The minimum atomic E-state index is -4.51. The number of benzene rings is 1. The lowest BCUT2D eigenvalue weighted by Crippen LogP contribution is -2.51. The van der Waals surface area contributed by atoms with Crippen LogP contribution in [0.3, 0.4) is 0 Å². The Labute approximate surface area is 151 Å². The van der Waals surface area contributed by atoms with Gasteiger partial charge in [0.05, 0.1) is 17.0 Å². The summed E-state index contributed by atoms with van der Waals surface area (Å²) in [5.41, 5.74) is -0.891. The first-order chi connectivity index (χ1) is 12.0. The van der Waals surface area contributed by atoms with E-state index in [0.717, 1.165) is 24.3 Å². The van der Waals surface area contributed by atoms with Crippen molar-refractivity contribution < 1.29 is 26.4 Å². The zero-order valence-electron chi connectivity index (χ0n) is 14.6. The molecular weight excluding hydrogens is 371 g/mol. The van der Waals surface area contributed by atoms with Gasteiger partial charge in [0.2, 0.25) is 15.9 Å². The number of halogens is 3. The van der Waals surface area contributed by atoms with Crippen molar-refractivity contribution in [2.45, 2.75) is 31.0 Å². The van der Waals surface area contributed by atoms with Crippen LogP contribution in [0.1, 0.15) is 19.4 Å². The van der Waals surface area contributed by atoms with Gasteiger partial charge in [-0.1, -0.05) is 0 Å². The second-order valence-electron chi connectivity index (χ2n) is 6.42. The van der Waals surface area contributed by atoms with E-state index in [0.29, 0.717) is 13.1 Å². The van der Waals surface area contributed by atoms with Gasteiger partial charge >= 0.3 is 6.18 Å². The van der Waals surface area contributed by atoms with E-state index in [2.05, 4.69) is 5.32 Å². The standard InChI is InChI=1S/C16H22F3N3O3S/c1-12(2)20-15(23)11-21-7-9-22(10-8-21)26(24,25)14-5-3-13(4-6-14)16(17,18)19/h3-6,12H,7-11H2,1-2H3,(H,20,23). The van der Waals surface area contributed by atoms with Crippen molar-refractivity contribution in [3.05, 3.63) is 29.8 Å². The summed E-state index contributed by atoms with van der Waals surface area (Å²) >= 11 is 0. The third kappa shape index (κ3) is 5.18. The van der Waals surface area contributed by atoms with Crippen molar-refractivity contribution in [3.63, 3.8) is 0 Å². The van der Waals surface area contributed by atoms with Crippen LogP contribution in [0.4, 0.5) is 13.2 Å². The Morgan fingerprint density at radius 3 is 2.12 bits per heavy atom. The largest absolute Gasteiger partial charge is 0.416 e. The van der Waals surface area contributed by atoms with Crippen molar-refractivity contribution in [3.8, 4) is 0 Å². The molecule has 0 unspecified atom stereocenters. The quantitative estimate of drug-likeness (QED) is 0.824. The fraction of sp³-hybridized carbons (Fsp3) is 0.562. The highest BCUT2D eigenvalue weighted by Gasteiger charge is 2.32. The molecule has 1 aromatic carbocycles. The fourth-order valence-electron chi connectivity index (χ4n) is 2.66. The summed E-state index contributed by atoms with van der Waals surface area (Å²) in [6, 6.07) is 3.50. The maximum Gasteiger partial charge on any atom is 0.416 e. The van der Waals surface area contributed by atoms with Gasteiger partial charge in [-0.25, -0.2) is 8.42 Å². The molecule has 1 heterocycles. The summed E-state index contributed by atoms with van der Waals surface area (Å²) in [7, 11) is -3.86. The van der Waals surface area contributed by atoms with Crippen LogP contribution in [0, 0.1) is 0 Å². The van der Waals surface area contributed by atoms with E-state index in [4.69, 9.17) is 0 Å². The normalized spacial score (nSPS) is 17.5. The van der Waals surface area contributed by atoms with Gasteiger partial charge < -0.3 is 5.32 Å². The van der Waals surface area contributed by atoms with Crippen molar-refractivity contribution in [2.24, 2.45) is 0 Å². The van der Waals surface area contributed by atoms with Crippen molar-refractivity contribution in [2.75, 3.05) is 32.7 Å². The van der Waals surface area contributed by atoms with Gasteiger partial charge in [-0.2, -0.15) is 17.5 Å². The van der Waals surface area contributed by atoms with Gasteiger partial charge in [-0.05, 0) is 38.1 Å². The lowest BCUT2D eigenvalue weighted by molar-refractivity contribution is -0.137. The van der Waals surface area contributed by atoms with Crippen LogP contribution < -0.4 is 5.32 Å². The van der Waals surface area contributed by atoms with Gasteiger partial charge in [-0.3, -0.25) is 9.69 Å². The zero-order chi connectivity index (χ0) is 19.5. The molecule has 2 rings (SSSR count). The van der Waals surface area contributed by atoms with Crippen molar-refractivity contribution >= 4 is 15.9 Å². The number of rotatable bonds is 5. The van der Waals surface area contributed by atoms with E-state index in [9.17, 15) is 26.4 Å². The number of hydrogen-bond donors (Lipinski definition) is 1. The highest BCUT2D eigenvalue weighted by Crippen LogP contribution is 2.30. The predicted octanol–water partition coefficient (Wildman–Crippen LogP) is 1.54. The Bertz CT molecular complexity index is 725. The van der Waals surface area contributed by atoms with E-state index in [1.54, 1.807) is 0 Å². The summed E-state index contributed by atoms with van der Waals surface area (Å²) in [6.07, 6.45) is -4.51. The van der Waals surface area contributed by atoms with Gasteiger partial charge in [0.1, 0.15) is 0 Å². The van der Waals surface area contributed by atoms with Gasteiger partial charge in [0.15, 0.2) is 0 Å². The molecule has 0 bridgehead atoms. The average molecular weight is 393 g/mol. The summed E-state index contributed by atoms with van der Waals surface area (Å²) in [5.74, 6) is -0.126. The number of nitrogens with zero attached hydrogens (tertiary/aromatic N) is 2. The Kier molecular flexibility index (Phi) is 6.30. The molecule has 1 amide bonds. The molecule has 0 spiro atoms. The lowest BCUT2D eigenvalue weighted by Gasteiger charge is -2.33. The van der Waals surface area contributed by atoms with Crippen LogP contribution in [-0.4, -0.2) is 62.3 Å². The Morgan fingerprint density at radius 2 is 1.65 bits per heavy atom. The molecule has 6 nitrogen and oxygen atoms in total. The maximum absolute atomic E-state index is 12.6. The molecule has 0 aromatic heterocycles. The van der Waals surface area contributed by atoms with Gasteiger partial charge in [0.25, 0.3) is 0 Å². The number of sulfonamides is 1. The third-order valence-corrected chi connectivity index (χ3v) is 5.88. The van der Waals surface area contributed by atoms with Crippen LogP contribution >= 0.6 is 0 Å². The molecule has 1 aromatic rings. The number of nitrogens with one attached hydrogen (secondary N) is 1. The summed E-state index contributed by atoms with van der Waals surface area (Å²) in [4.78, 5) is 13.4.